The molecular formula is C12H12N6O. The van der Waals surface area contributed by atoms with E-state index in [0.717, 1.165) is 17.2 Å². The molecule has 0 aliphatic heterocycles. The second kappa shape index (κ2) is 5.40. The molecular weight excluding hydrogens is 244 g/mol. The minimum Gasteiger partial charge on any atom is -0.364 e. The second-order valence-electron chi connectivity index (χ2n) is 3.94. The molecule has 3 aromatic rings. The van der Waals surface area contributed by atoms with Crippen molar-refractivity contribution in [3.8, 4) is 5.69 Å². The SMILES string of the molecule is c1ccc(-n2nnnc2CNCc2ccon2)cc1. The number of rotatable bonds is 5. The van der Waals surface area contributed by atoms with Crippen molar-refractivity contribution in [1.82, 2.24) is 30.7 Å². The molecule has 7 nitrogen and oxygen atoms in total. The van der Waals surface area contributed by atoms with Crippen molar-refractivity contribution in [2.75, 3.05) is 0 Å². The lowest BCUT2D eigenvalue weighted by molar-refractivity contribution is 0.408. The van der Waals surface area contributed by atoms with Gasteiger partial charge in [0.1, 0.15) is 6.26 Å². The van der Waals surface area contributed by atoms with Crippen LogP contribution in [0.25, 0.3) is 5.69 Å². The van der Waals surface area contributed by atoms with Gasteiger partial charge in [-0.15, -0.1) is 5.10 Å². The highest BCUT2D eigenvalue weighted by Gasteiger charge is 2.07. The molecule has 3 rings (SSSR count). The van der Waals surface area contributed by atoms with Crippen LogP contribution in [-0.4, -0.2) is 25.4 Å². The van der Waals surface area contributed by atoms with Crippen LogP contribution in [0.5, 0.6) is 0 Å². The van der Waals surface area contributed by atoms with Crippen molar-refractivity contribution < 1.29 is 4.52 Å². The standard InChI is InChI=1S/C12H12N6O/c1-2-4-11(5-3-1)18-12(14-16-17-18)9-13-8-10-6-7-19-15-10/h1-7,13H,8-9H2. The average molecular weight is 256 g/mol. The zero-order chi connectivity index (χ0) is 12.9. The summed E-state index contributed by atoms with van der Waals surface area (Å²) >= 11 is 0. The van der Waals surface area contributed by atoms with E-state index in [4.69, 9.17) is 4.52 Å². The molecule has 0 atom stereocenters. The molecule has 0 amide bonds. The van der Waals surface area contributed by atoms with Crippen LogP contribution in [0.3, 0.4) is 0 Å². The predicted molar refractivity (Wildman–Crippen MR) is 66.2 cm³/mol. The van der Waals surface area contributed by atoms with Crippen LogP contribution in [0, 0.1) is 0 Å². The van der Waals surface area contributed by atoms with Crippen LogP contribution in [-0.2, 0) is 13.1 Å². The van der Waals surface area contributed by atoms with Crippen LogP contribution >= 0.6 is 0 Å². The Kier molecular flexibility index (Phi) is 3.28. The Morgan fingerprint density at radius 1 is 1.11 bits per heavy atom. The molecule has 0 aliphatic rings. The summed E-state index contributed by atoms with van der Waals surface area (Å²) in [5.41, 5.74) is 1.78. The summed E-state index contributed by atoms with van der Waals surface area (Å²) in [6.45, 7) is 1.16. The number of aromatic nitrogens is 5. The highest BCUT2D eigenvalue weighted by Crippen LogP contribution is 2.06. The van der Waals surface area contributed by atoms with Gasteiger partial charge >= 0.3 is 0 Å². The number of nitrogens with zero attached hydrogens (tertiary/aromatic N) is 5. The van der Waals surface area contributed by atoms with E-state index >= 15 is 0 Å². The van der Waals surface area contributed by atoms with Crippen LogP contribution in [0.1, 0.15) is 11.5 Å². The van der Waals surface area contributed by atoms with E-state index in [0.29, 0.717) is 13.1 Å². The number of para-hydroxylation sites is 1. The summed E-state index contributed by atoms with van der Waals surface area (Å²) in [4.78, 5) is 0. The van der Waals surface area contributed by atoms with Gasteiger partial charge < -0.3 is 9.84 Å². The molecule has 0 unspecified atom stereocenters. The molecule has 1 aromatic carbocycles. The number of hydrogen-bond donors (Lipinski definition) is 1. The summed E-state index contributed by atoms with van der Waals surface area (Å²) in [6, 6.07) is 11.6. The van der Waals surface area contributed by atoms with E-state index in [2.05, 4.69) is 26.0 Å². The molecule has 0 spiro atoms. The Hall–Kier alpha value is -2.54. The normalized spacial score (nSPS) is 10.7. The van der Waals surface area contributed by atoms with E-state index in [1.165, 1.54) is 0 Å². The van der Waals surface area contributed by atoms with Crippen molar-refractivity contribution in [2.24, 2.45) is 0 Å². The summed E-state index contributed by atoms with van der Waals surface area (Å²) in [5.74, 6) is 0.745. The van der Waals surface area contributed by atoms with Gasteiger partial charge in [-0.2, -0.15) is 4.68 Å². The van der Waals surface area contributed by atoms with Crippen molar-refractivity contribution in [3.05, 3.63) is 54.2 Å². The van der Waals surface area contributed by atoms with Gasteiger partial charge in [0.2, 0.25) is 0 Å². The Morgan fingerprint density at radius 3 is 2.79 bits per heavy atom. The maximum absolute atomic E-state index is 4.76. The molecule has 2 heterocycles. The lowest BCUT2D eigenvalue weighted by Gasteiger charge is -2.04. The lowest BCUT2D eigenvalue weighted by Crippen LogP contribution is -2.16. The zero-order valence-corrected chi connectivity index (χ0v) is 10.1. The molecule has 0 saturated carbocycles. The third-order valence-corrected chi connectivity index (χ3v) is 2.62. The predicted octanol–water partition coefficient (Wildman–Crippen LogP) is 0.940. The topological polar surface area (TPSA) is 81.7 Å². The molecule has 96 valence electrons. The van der Waals surface area contributed by atoms with Crippen molar-refractivity contribution in [2.45, 2.75) is 13.1 Å². The number of nitrogens with one attached hydrogen (secondary N) is 1. The molecule has 7 heteroatoms. The van der Waals surface area contributed by atoms with E-state index in [1.807, 2.05) is 36.4 Å². The van der Waals surface area contributed by atoms with Gasteiger partial charge in [0.05, 0.1) is 17.9 Å². The first-order valence-corrected chi connectivity index (χ1v) is 5.86. The first kappa shape index (κ1) is 11.5. The molecule has 0 fully saturated rings. The molecule has 1 N–H and O–H groups in total. The van der Waals surface area contributed by atoms with Gasteiger partial charge in [-0.3, -0.25) is 0 Å². The van der Waals surface area contributed by atoms with Crippen LogP contribution in [0.2, 0.25) is 0 Å². The monoisotopic (exact) mass is 256 g/mol. The molecule has 19 heavy (non-hydrogen) atoms. The van der Waals surface area contributed by atoms with Crippen LogP contribution in [0.15, 0.2) is 47.2 Å². The van der Waals surface area contributed by atoms with Crippen LogP contribution < -0.4 is 5.32 Å². The van der Waals surface area contributed by atoms with E-state index in [1.54, 1.807) is 10.9 Å². The number of hydrogen-bond acceptors (Lipinski definition) is 6. The third kappa shape index (κ3) is 2.66. The highest BCUT2D eigenvalue weighted by atomic mass is 16.5. The Morgan fingerprint density at radius 2 is 2.00 bits per heavy atom. The first-order chi connectivity index (χ1) is 9.43. The fraction of sp³-hybridized carbons (Fsp3) is 0.167. The molecule has 0 aliphatic carbocycles. The fourth-order valence-electron chi connectivity index (χ4n) is 1.72. The van der Waals surface area contributed by atoms with Crippen LogP contribution in [0.4, 0.5) is 0 Å². The van der Waals surface area contributed by atoms with Crippen molar-refractivity contribution in [1.29, 1.82) is 0 Å². The first-order valence-electron chi connectivity index (χ1n) is 5.86. The van der Waals surface area contributed by atoms with Crippen molar-refractivity contribution >= 4 is 0 Å². The summed E-state index contributed by atoms with van der Waals surface area (Å²) in [5, 5.41) is 18.7. The van der Waals surface area contributed by atoms with Gasteiger partial charge in [-0.1, -0.05) is 23.4 Å². The molecule has 2 aromatic heterocycles. The van der Waals surface area contributed by atoms with E-state index < -0.39 is 0 Å². The number of benzene rings is 1. The maximum Gasteiger partial charge on any atom is 0.170 e. The van der Waals surface area contributed by atoms with Gasteiger partial charge in [0, 0.05) is 12.6 Å². The van der Waals surface area contributed by atoms with Gasteiger partial charge in [-0.25, -0.2) is 0 Å². The molecule has 0 radical (unpaired) electrons. The minimum atomic E-state index is 0.550. The summed E-state index contributed by atoms with van der Waals surface area (Å²) in [6.07, 6.45) is 1.55. The largest absolute Gasteiger partial charge is 0.364 e. The minimum absolute atomic E-state index is 0.550. The van der Waals surface area contributed by atoms with Gasteiger partial charge in [0.15, 0.2) is 5.82 Å². The molecule has 0 saturated heterocycles. The third-order valence-electron chi connectivity index (χ3n) is 2.62. The Labute approximate surface area is 109 Å². The Balaban J connectivity index is 1.67. The van der Waals surface area contributed by atoms with Gasteiger partial charge in [-0.05, 0) is 22.6 Å². The zero-order valence-electron chi connectivity index (χ0n) is 10.1. The average Bonchev–Trinajstić information content (AvgIpc) is 3.11. The maximum atomic E-state index is 4.76. The highest BCUT2D eigenvalue weighted by molar-refractivity contribution is 5.30. The van der Waals surface area contributed by atoms with E-state index in [-0.39, 0.29) is 0 Å². The van der Waals surface area contributed by atoms with E-state index in [9.17, 15) is 0 Å². The quantitative estimate of drug-likeness (QED) is 0.731. The smallest absolute Gasteiger partial charge is 0.170 e. The van der Waals surface area contributed by atoms with Crippen molar-refractivity contribution in [3.63, 3.8) is 0 Å². The summed E-state index contributed by atoms with van der Waals surface area (Å²) in [7, 11) is 0. The lowest BCUT2D eigenvalue weighted by atomic mass is 10.3. The summed E-state index contributed by atoms with van der Waals surface area (Å²) < 4.78 is 6.46. The Bertz CT molecular complexity index is 619. The second-order valence-corrected chi connectivity index (χ2v) is 3.94. The number of tetrazole rings is 1. The fourth-order valence-corrected chi connectivity index (χ4v) is 1.72. The van der Waals surface area contributed by atoms with Gasteiger partial charge in [0.25, 0.3) is 0 Å². The molecule has 0 bridgehead atoms.